The van der Waals surface area contributed by atoms with E-state index in [-0.39, 0.29) is 0 Å². The third-order valence-corrected chi connectivity index (χ3v) is 5.91. The van der Waals surface area contributed by atoms with Crippen LogP contribution < -0.4 is 5.32 Å². The number of pyridine rings is 1. The fraction of sp³-hybridized carbons (Fsp3) is 0.0769. The summed E-state index contributed by atoms with van der Waals surface area (Å²) in [5.74, 6) is 0.808. The molecule has 3 rings (SSSR count). The molecule has 0 amide bonds. The molecule has 0 aliphatic carbocycles. The van der Waals surface area contributed by atoms with Crippen LogP contribution in [0.15, 0.2) is 51.1 Å². The van der Waals surface area contributed by atoms with Crippen molar-refractivity contribution in [1.29, 1.82) is 0 Å². The van der Waals surface area contributed by atoms with Gasteiger partial charge in [0.1, 0.15) is 0 Å². The molecular weight excluding hydrogens is 404 g/mol. The van der Waals surface area contributed by atoms with E-state index < -0.39 is 0 Å². The second-order valence-corrected chi connectivity index (χ2v) is 7.35. The summed E-state index contributed by atoms with van der Waals surface area (Å²) >= 11 is 8.69. The van der Waals surface area contributed by atoms with Gasteiger partial charge >= 0.3 is 0 Å². The number of aromatic nitrogens is 3. The standard InChI is InChI=1S/C13H10Br2N4S/c14-11-6-10(20-13(11)15)8-16-9-2-3-12(17-7-9)19-5-1-4-18-19/h1-7,16H,8H2. The molecule has 0 saturated heterocycles. The van der Waals surface area contributed by atoms with Crippen molar-refractivity contribution in [2.45, 2.75) is 6.54 Å². The van der Waals surface area contributed by atoms with E-state index in [1.54, 1.807) is 22.2 Å². The minimum atomic E-state index is 0.775. The number of halogens is 2. The minimum Gasteiger partial charge on any atom is -0.379 e. The van der Waals surface area contributed by atoms with Crippen molar-refractivity contribution in [2.24, 2.45) is 0 Å². The van der Waals surface area contributed by atoms with E-state index in [1.807, 2.05) is 30.6 Å². The van der Waals surface area contributed by atoms with E-state index >= 15 is 0 Å². The highest BCUT2D eigenvalue weighted by Crippen LogP contribution is 2.32. The maximum atomic E-state index is 4.38. The van der Waals surface area contributed by atoms with Crippen LogP contribution in [-0.2, 0) is 6.54 Å². The fourth-order valence-electron chi connectivity index (χ4n) is 1.70. The highest BCUT2D eigenvalue weighted by atomic mass is 79.9. The Morgan fingerprint density at radius 1 is 1.30 bits per heavy atom. The summed E-state index contributed by atoms with van der Waals surface area (Å²) < 4.78 is 3.94. The van der Waals surface area contributed by atoms with Crippen LogP contribution in [0.3, 0.4) is 0 Å². The van der Waals surface area contributed by atoms with Crippen LogP contribution >= 0.6 is 43.2 Å². The van der Waals surface area contributed by atoms with Crippen molar-refractivity contribution >= 4 is 48.9 Å². The molecule has 0 unspecified atom stereocenters. The van der Waals surface area contributed by atoms with Gasteiger partial charge in [0.05, 0.1) is 15.7 Å². The third-order valence-electron chi connectivity index (χ3n) is 2.65. The van der Waals surface area contributed by atoms with Crippen molar-refractivity contribution in [3.8, 4) is 5.82 Å². The van der Waals surface area contributed by atoms with Crippen LogP contribution in [0.25, 0.3) is 5.82 Å². The Bertz CT molecular complexity index is 672. The molecule has 1 N–H and O–H groups in total. The van der Waals surface area contributed by atoms with Gasteiger partial charge in [0.25, 0.3) is 0 Å². The average molecular weight is 414 g/mol. The first-order valence-corrected chi connectivity index (χ1v) is 8.26. The molecule has 0 fully saturated rings. The number of nitrogens with one attached hydrogen (secondary N) is 1. The Labute approximate surface area is 137 Å². The zero-order valence-electron chi connectivity index (χ0n) is 10.3. The van der Waals surface area contributed by atoms with Crippen LogP contribution in [0.1, 0.15) is 4.88 Å². The number of anilines is 1. The summed E-state index contributed by atoms with van der Waals surface area (Å²) in [6.45, 7) is 0.775. The Morgan fingerprint density at radius 2 is 2.20 bits per heavy atom. The monoisotopic (exact) mass is 412 g/mol. The van der Waals surface area contributed by atoms with Crippen LogP contribution in [0.5, 0.6) is 0 Å². The Hall–Kier alpha value is -1.18. The van der Waals surface area contributed by atoms with Crippen molar-refractivity contribution in [1.82, 2.24) is 14.8 Å². The molecule has 0 atom stereocenters. The molecule has 4 nitrogen and oxygen atoms in total. The van der Waals surface area contributed by atoms with Gasteiger partial charge in [-0.05, 0) is 56.1 Å². The van der Waals surface area contributed by atoms with Crippen LogP contribution in [-0.4, -0.2) is 14.8 Å². The largest absolute Gasteiger partial charge is 0.379 e. The topological polar surface area (TPSA) is 42.7 Å². The number of hydrogen-bond donors (Lipinski definition) is 1. The molecule has 7 heteroatoms. The number of nitrogens with zero attached hydrogens (tertiary/aromatic N) is 3. The van der Waals surface area contributed by atoms with E-state index in [4.69, 9.17) is 0 Å². The van der Waals surface area contributed by atoms with Gasteiger partial charge in [-0.15, -0.1) is 11.3 Å². The molecule has 0 aliphatic rings. The predicted molar refractivity (Wildman–Crippen MR) is 88.4 cm³/mol. The molecule has 0 aliphatic heterocycles. The first-order chi connectivity index (χ1) is 9.72. The Morgan fingerprint density at radius 3 is 2.80 bits per heavy atom. The Balaban J connectivity index is 1.66. The molecule has 0 spiro atoms. The molecule has 0 radical (unpaired) electrons. The number of rotatable bonds is 4. The molecule has 102 valence electrons. The zero-order valence-corrected chi connectivity index (χ0v) is 14.2. The van der Waals surface area contributed by atoms with Crippen molar-refractivity contribution < 1.29 is 0 Å². The van der Waals surface area contributed by atoms with E-state index in [0.717, 1.165) is 26.3 Å². The summed E-state index contributed by atoms with van der Waals surface area (Å²) in [5, 5.41) is 7.50. The van der Waals surface area contributed by atoms with Crippen molar-refractivity contribution in [3.05, 3.63) is 56.0 Å². The first-order valence-electron chi connectivity index (χ1n) is 5.86. The maximum Gasteiger partial charge on any atom is 0.153 e. The highest BCUT2D eigenvalue weighted by molar-refractivity contribution is 9.13. The molecule has 3 aromatic heterocycles. The molecule has 3 heterocycles. The Kier molecular flexibility index (Phi) is 4.18. The smallest absolute Gasteiger partial charge is 0.153 e. The van der Waals surface area contributed by atoms with Crippen LogP contribution in [0, 0.1) is 0 Å². The minimum absolute atomic E-state index is 0.775. The summed E-state index contributed by atoms with van der Waals surface area (Å²) in [5.41, 5.74) is 0.988. The third kappa shape index (κ3) is 3.11. The highest BCUT2D eigenvalue weighted by Gasteiger charge is 2.04. The molecular formula is C13H10Br2N4S. The van der Waals surface area contributed by atoms with E-state index in [1.165, 1.54) is 4.88 Å². The number of thiophene rings is 1. The van der Waals surface area contributed by atoms with Gasteiger partial charge in [0, 0.05) is 28.3 Å². The van der Waals surface area contributed by atoms with Gasteiger partial charge in [-0.3, -0.25) is 0 Å². The SMILES string of the molecule is Brc1cc(CNc2ccc(-n3cccn3)nc2)sc1Br. The lowest BCUT2D eigenvalue weighted by Gasteiger charge is -2.05. The quantitative estimate of drug-likeness (QED) is 0.686. The first kappa shape index (κ1) is 13.8. The second-order valence-electron chi connectivity index (χ2n) is 4.04. The normalized spacial score (nSPS) is 10.7. The predicted octanol–water partition coefficient (Wildman–Crippen LogP) is 4.47. The molecule has 3 aromatic rings. The lowest BCUT2D eigenvalue weighted by Crippen LogP contribution is -2.01. The molecule has 0 saturated carbocycles. The van der Waals surface area contributed by atoms with E-state index in [9.17, 15) is 0 Å². The number of hydrogen-bond acceptors (Lipinski definition) is 4. The van der Waals surface area contributed by atoms with Gasteiger partial charge < -0.3 is 5.32 Å². The molecule has 20 heavy (non-hydrogen) atoms. The molecule has 0 aromatic carbocycles. The van der Waals surface area contributed by atoms with E-state index in [0.29, 0.717) is 0 Å². The molecule has 0 bridgehead atoms. The maximum absolute atomic E-state index is 4.38. The van der Waals surface area contributed by atoms with E-state index in [2.05, 4.69) is 53.3 Å². The zero-order chi connectivity index (χ0) is 13.9. The summed E-state index contributed by atoms with van der Waals surface area (Å²) in [7, 11) is 0. The fourth-order valence-corrected chi connectivity index (χ4v) is 3.81. The van der Waals surface area contributed by atoms with Gasteiger partial charge in [0.2, 0.25) is 0 Å². The lowest BCUT2D eigenvalue weighted by atomic mass is 10.4. The lowest BCUT2D eigenvalue weighted by molar-refractivity contribution is 0.847. The van der Waals surface area contributed by atoms with Crippen LogP contribution in [0.2, 0.25) is 0 Å². The van der Waals surface area contributed by atoms with Crippen LogP contribution in [0.4, 0.5) is 5.69 Å². The summed E-state index contributed by atoms with van der Waals surface area (Å²) in [6, 6.07) is 7.92. The van der Waals surface area contributed by atoms with Crippen molar-refractivity contribution in [2.75, 3.05) is 5.32 Å². The van der Waals surface area contributed by atoms with Gasteiger partial charge in [-0.1, -0.05) is 0 Å². The van der Waals surface area contributed by atoms with Gasteiger partial charge in [-0.25, -0.2) is 9.67 Å². The van der Waals surface area contributed by atoms with Crippen molar-refractivity contribution in [3.63, 3.8) is 0 Å². The summed E-state index contributed by atoms with van der Waals surface area (Å²) in [6.07, 6.45) is 5.42. The average Bonchev–Trinajstić information content (AvgIpc) is 3.08. The van der Waals surface area contributed by atoms with Gasteiger partial charge in [-0.2, -0.15) is 5.10 Å². The second kappa shape index (κ2) is 6.07. The summed E-state index contributed by atoms with van der Waals surface area (Å²) in [4.78, 5) is 5.63. The van der Waals surface area contributed by atoms with Gasteiger partial charge in [0.15, 0.2) is 5.82 Å².